The van der Waals surface area contributed by atoms with Crippen LogP contribution in [0.15, 0.2) is 48.5 Å². The molecule has 0 spiro atoms. The number of rotatable bonds is 2. The lowest BCUT2D eigenvalue weighted by Crippen LogP contribution is -2.06. The summed E-state index contributed by atoms with van der Waals surface area (Å²) >= 11 is 8.00. The van der Waals surface area contributed by atoms with Gasteiger partial charge in [0.05, 0.1) is 12.5 Å². The Bertz CT molecular complexity index is 1090. The summed E-state index contributed by atoms with van der Waals surface area (Å²) in [6, 6.07) is 14.8. The summed E-state index contributed by atoms with van der Waals surface area (Å²) in [7, 11) is 1.26. The fourth-order valence-electron chi connectivity index (χ4n) is 2.52. The number of thiophene rings is 1. The van der Waals surface area contributed by atoms with Gasteiger partial charge in [0, 0.05) is 15.6 Å². The van der Waals surface area contributed by atoms with Gasteiger partial charge in [-0.15, -0.1) is 11.3 Å². The van der Waals surface area contributed by atoms with Crippen LogP contribution in [0.1, 0.15) is 0 Å². The fourth-order valence-corrected chi connectivity index (χ4v) is 3.92. The number of halogens is 1. The molecule has 7 heteroatoms. The third kappa shape index (κ3) is 2.90. The standard InChI is InChI=1S/C18H11ClN2O3S/c1-23-18(22)24-11-8-6-10(7-9-11)16-20-15(19)14-12-4-2-3-5-13(12)25-17(14)21-16/h2-9H,1H3. The first-order valence-corrected chi connectivity index (χ1v) is 8.56. The maximum atomic E-state index is 11.1. The van der Waals surface area contributed by atoms with Crippen LogP contribution in [0.3, 0.4) is 0 Å². The van der Waals surface area contributed by atoms with Gasteiger partial charge in [-0.25, -0.2) is 14.8 Å². The molecule has 0 aliphatic carbocycles. The number of benzene rings is 2. The van der Waals surface area contributed by atoms with Crippen molar-refractivity contribution in [2.24, 2.45) is 0 Å². The molecule has 25 heavy (non-hydrogen) atoms. The van der Waals surface area contributed by atoms with Crippen molar-refractivity contribution < 1.29 is 14.3 Å². The van der Waals surface area contributed by atoms with Crippen LogP contribution < -0.4 is 4.74 Å². The van der Waals surface area contributed by atoms with E-state index in [0.717, 1.165) is 25.9 Å². The number of fused-ring (bicyclic) bond motifs is 3. The first-order valence-electron chi connectivity index (χ1n) is 7.37. The van der Waals surface area contributed by atoms with E-state index < -0.39 is 6.16 Å². The van der Waals surface area contributed by atoms with E-state index in [1.807, 2.05) is 24.3 Å². The molecule has 2 heterocycles. The Kier molecular flexibility index (Phi) is 3.99. The molecule has 0 aliphatic rings. The molecule has 124 valence electrons. The number of aromatic nitrogens is 2. The Morgan fingerprint density at radius 2 is 1.84 bits per heavy atom. The van der Waals surface area contributed by atoms with E-state index in [9.17, 15) is 4.79 Å². The Labute approximate surface area is 151 Å². The molecule has 0 atom stereocenters. The van der Waals surface area contributed by atoms with Crippen LogP contribution >= 0.6 is 22.9 Å². The predicted octanol–water partition coefficient (Wildman–Crippen LogP) is 5.31. The van der Waals surface area contributed by atoms with Crippen molar-refractivity contribution in [1.82, 2.24) is 9.97 Å². The highest BCUT2D eigenvalue weighted by Crippen LogP contribution is 2.37. The van der Waals surface area contributed by atoms with Crippen molar-refractivity contribution in [3.05, 3.63) is 53.7 Å². The average Bonchev–Trinajstić information content (AvgIpc) is 3.01. The number of carbonyl (C=O) groups is 1. The molecule has 0 bridgehead atoms. The molecule has 0 saturated heterocycles. The van der Waals surface area contributed by atoms with Crippen LogP contribution in [0.25, 0.3) is 31.7 Å². The minimum absolute atomic E-state index is 0.379. The molecule has 0 saturated carbocycles. The topological polar surface area (TPSA) is 61.3 Å². The fraction of sp³-hybridized carbons (Fsp3) is 0.0556. The largest absolute Gasteiger partial charge is 0.513 e. The zero-order chi connectivity index (χ0) is 17.4. The minimum atomic E-state index is -0.765. The monoisotopic (exact) mass is 370 g/mol. The summed E-state index contributed by atoms with van der Waals surface area (Å²) in [6.45, 7) is 0. The summed E-state index contributed by atoms with van der Waals surface area (Å²) in [5.74, 6) is 0.901. The van der Waals surface area contributed by atoms with Crippen LogP contribution in [0, 0.1) is 0 Å². The zero-order valence-electron chi connectivity index (χ0n) is 13.0. The van der Waals surface area contributed by atoms with Crippen molar-refractivity contribution in [2.75, 3.05) is 7.11 Å². The van der Waals surface area contributed by atoms with Crippen molar-refractivity contribution in [3.63, 3.8) is 0 Å². The first kappa shape index (κ1) is 15.8. The lowest BCUT2D eigenvalue weighted by atomic mass is 10.2. The Morgan fingerprint density at radius 3 is 2.60 bits per heavy atom. The third-order valence-electron chi connectivity index (χ3n) is 3.68. The number of methoxy groups -OCH3 is 1. The summed E-state index contributed by atoms with van der Waals surface area (Å²) in [6.07, 6.45) is -0.765. The Balaban J connectivity index is 1.76. The third-order valence-corrected chi connectivity index (χ3v) is 5.01. The van der Waals surface area contributed by atoms with E-state index in [1.54, 1.807) is 35.6 Å². The molecular formula is C18H11ClN2O3S. The Hall–Kier alpha value is -2.70. The van der Waals surface area contributed by atoms with Gasteiger partial charge in [-0.2, -0.15) is 0 Å². The minimum Gasteiger partial charge on any atom is -0.437 e. The van der Waals surface area contributed by atoms with E-state index >= 15 is 0 Å². The molecule has 0 radical (unpaired) electrons. The van der Waals surface area contributed by atoms with E-state index in [-0.39, 0.29) is 0 Å². The van der Waals surface area contributed by atoms with Gasteiger partial charge in [0.25, 0.3) is 0 Å². The summed E-state index contributed by atoms with van der Waals surface area (Å²) in [5, 5.41) is 2.35. The van der Waals surface area contributed by atoms with Crippen molar-refractivity contribution in [2.45, 2.75) is 0 Å². The smallest absolute Gasteiger partial charge is 0.437 e. The highest BCUT2D eigenvalue weighted by molar-refractivity contribution is 7.25. The molecule has 4 rings (SSSR count). The second kappa shape index (κ2) is 6.31. The first-order chi connectivity index (χ1) is 12.2. The molecule has 0 fully saturated rings. The van der Waals surface area contributed by atoms with Crippen LogP contribution in [-0.4, -0.2) is 23.2 Å². The van der Waals surface area contributed by atoms with E-state index in [4.69, 9.17) is 16.3 Å². The van der Waals surface area contributed by atoms with Gasteiger partial charge >= 0.3 is 6.16 Å². The zero-order valence-corrected chi connectivity index (χ0v) is 14.6. The SMILES string of the molecule is COC(=O)Oc1ccc(-c2nc(Cl)c3c(n2)sc2ccccc23)cc1. The van der Waals surface area contributed by atoms with Gasteiger partial charge in [-0.05, 0) is 30.3 Å². The number of nitrogens with zero attached hydrogens (tertiary/aromatic N) is 2. The van der Waals surface area contributed by atoms with Crippen molar-refractivity contribution in [3.8, 4) is 17.1 Å². The highest BCUT2D eigenvalue weighted by atomic mass is 35.5. The molecule has 2 aromatic carbocycles. The molecular weight excluding hydrogens is 360 g/mol. The van der Waals surface area contributed by atoms with Gasteiger partial charge in [0.1, 0.15) is 15.7 Å². The van der Waals surface area contributed by atoms with Gasteiger partial charge in [0.15, 0.2) is 5.82 Å². The highest BCUT2D eigenvalue weighted by Gasteiger charge is 2.14. The van der Waals surface area contributed by atoms with E-state index in [0.29, 0.717) is 16.7 Å². The number of hydrogen-bond donors (Lipinski definition) is 0. The second-order valence-electron chi connectivity index (χ2n) is 5.20. The quantitative estimate of drug-likeness (QED) is 0.272. The molecule has 2 aromatic heterocycles. The van der Waals surface area contributed by atoms with Crippen LogP contribution in [-0.2, 0) is 4.74 Å². The molecule has 4 aromatic rings. The number of carbonyl (C=O) groups excluding carboxylic acids is 1. The normalized spacial score (nSPS) is 11.0. The maximum Gasteiger partial charge on any atom is 0.513 e. The predicted molar refractivity (Wildman–Crippen MR) is 98.4 cm³/mol. The van der Waals surface area contributed by atoms with Crippen molar-refractivity contribution in [1.29, 1.82) is 0 Å². The molecule has 0 amide bonds. The summed E-state index contributed by atoms with van der Waals surface area (Å²) < 4.78 is 10.5. The summed E-state index contributed by atoms with van der Waals surface area (Å²) in [4.78, 5) is 21.0. The van der Waals surface area contributed by atoms with Crippen molar-refractivity contribution >= 4 is 49.4 Å². The molecule has 0 N–H and O–H groups in total. The maximum absolute atomic E-state index is 11.1. The van der Waals surface area contributed by atoms with E-state index in [2.05, 4.69) is 14.7 Å². The Morgan fingerprint density at radius 1 is 1.08 bits per heavy atom. The lowest BCUT2D eigenvalue weighted by Gasteiger charge is -2.05. The van der Waals surface area contributed by atoms with Gasteiger partial charge in [0.2, 0.25) is 0 Å². The van der Waals surface area contributed by atoms with Crippen LogP contribution in [0.2, 0.25) is 5.15 Å². The second-order valence-corrected chi connectivity index (χ2v) is 6.59. The molecule has 0 unspecified atom stereocenters. The van der Waals surface area contributed by atoms with Crippen LogP contribution in [0.4, 0.5) is 4.79 Å². The van der Waals surface area contributed by atoms with Gasteiger partial charge < -0.3 is 9.47 Å². The average molecular weight is 371 g/mol. The number of ether oxygens (including phenoxy) is 2. The molecule has 0 aliphatic heterocycles. The molecule has 5 nitrogen and oxygen atoms in total. The van der Waals surface area contributed by atoms with Gasteiger partial charge in [-0.1, -0.05) is 29.8 Å². The van der Waals surface area contributed by atoms with E-state index in [1.165, 1.54) is 7.11 Å². The van der Waals surface area contributed by atoms with Crippen LogP contribution in [0.5, 0.6) is 5.75 Å². The van der Waals surface area contributed by atoms with Gasteiger partial charge in [-0.3, -0.25) is 0 Å². The summed E-state index contributed by atoms with van der Waals surface area (Å²) in [5.41, 5.74) is 0.776. The lowest BCUT2D eigenvalue weighted by molar-refractivity contribution is 0.121. The number of hydrogen-bond acceptors (Lipinski definition) is 6.